The molecule has 1 aliphatic heterocycles. The average molecular weight is 286 g/mol. The van der Waals surface area contributed by atoms with Gasteiger partial charge in [0.15, 0.2) is 9.84 Å². The van der Waals surface area contributed by atoms with Crippen LogP contribution in [0.4, 0.5) is 10.1 Å². The summed E-state index contributed by atoms with van der Waals surface area (Å²) in [7, 11) is -2.97. The topological polar surface area (TPSA) is 63.4 Å². The molecule has 1 atom stereocenters. The fourth-order valence-corrected chi connectivity index (χ4v) is 4.12. The maximum Gasteiger partial charge on any atom is 0.154 e. The lowest BCUT2D eigenvalue weighted by molar-refractivity contribution is 0.565. The first-order chi connectivity index (χ1) is 8.94. The fourth-order valence-electron chi connectivity index (χ4n) is 2.56. The number of nitrogens with two attached hydrogens (primary N) is 1. The van der Waals surface area contributed by atoms with Crippen LogP contribution in [-0.4, -0.2) is 39.1 Å². The third-order valence-electron chi connectivity index (χ3n) is 3.47. The summed E-state index contributed by atoms with van der Waals surface area (Å²) in [5.74, 6) is -0.0369. The van der Waals surface area contributed by atoms with Crippen molar-refractivity contribution in [2.24, 2.45) is 5.73 Å². The molecule has 1 aromatic rings. The van der Waals surface area contributed by atoms with Crippen LogP contribution in [0.2, 0.25) is 0 Å². The molecule has 0 bridgehead atoms. The van der Waals surface area contributed by atoms with E-state index in [1.54, 1.807) is 6.07 Å². The lowest BCUT2D eigenvalue weighted by atomic mass is 10.1. The average Bonchev–Trinajstić information content (AvgIpc) is 2.31. The highest BCUT2D eigenvalue weighted by Crippen LogP contribution is 2.27. The molecule has 1 aromatic carbocycles. The molecule has 1 fully saturated rings. The predicted molar refractivity (Wildman–Crippen MR) is 74.6 cm³/mol. The Kier molecular flexibility index (Phi) is 4.10. The summed E-state index contributed by atoms with van der Waals surface area (Å²) in [6.07, 6.45) is 0.456. The number of benzene rings is 1. The van der Waals surface area contributed by atoms with Crippen molar-refractivity contribution in [1.82, 2.24) is 0 Å². The van der Waals surface area contributed by atoms with Crippen LogP contribution in [0.15, 0.2) is 18.2 Å². The van der Waals surface area contributed by atoms with Crippen LogP contribution in [0.25, 0.3) is 0 Å². The van der Waals surface area contributed by atoms with Gasteiger partial charge in [0.05, 0.1) is 11.5 Å². The van der Waals surface area contributed by atoms with Crippen molar-refractivity contribution in [3.8, 4) is 0 Å². The van der Waals surface area contributed by atoms with Crippen LogP contribution in [0, 0.1) is 5.82 Å². The molecule has 106 valence electrons. The molecule has 1 aliphatic rings. The van der Waals surface area contributed by atoms with E-state index in [4.69, 9.17) is 5.73 Å². The summed E-state index contributed by atoms with van der Waals surface area (Å²) >= 11 is 0. The number of anilines is 1. The summed E-state index contributed by atoms with van der Waals surface area (Å²) in [5, 5.41) is 0. The van der Waals surface area contributed by atoms with Gasteiger partial charge in [-0.3, -0.25) is 0 Å². The molecule has 0 aromatic heterocycles. The first-order valence-corrected chi connectivity index (χ1v) is 8.21. The molecule has 2 N–H and O–H groups in total. The van der Waals surface area contributed by atoms with Gasteiger partial charge in [-0.25, -0.2) is 12.8 Å². The van der Waals surface area contributed by atoms with Crippen LogP contribution in [-0.2, 0) is 16.3 Å². The number of sulfone groups is 1. The lowest BCUT2D eigenvalue weighted by Gasteiger charge is -2.36. The first kappa shape index (κ1) is 14.3. The summed E-state index contributed by atoms with van der Waals surface area (Å²) in [5.41, 5.74) is 6.88. The highest BCUT2D eigenvalue weighted by molar-refractivity contribution is 7.91. The maximum absolute atomic E-state index is 13.9. The zero-order chi connectivity index (χ0) is 14.0. The Morgan fingerprint density at radius 1 is 1.47 bits per heavy atom. The molecule has 0 amide bonds. The molecule has 1 heterocycles. The van der Waals surface area contributed by atoms with Crippen molar-refractivity contribution in [2.75, 3.05) is 29.5 Å². The van der Waals surface area contributed by atoms with Gasteiger partial charge in [0.25, 0.3) is 0 Å². The molecule has 4 nitrogen and oxygen atoms in total. The highest BCUT2D eigenvalue weighted by atomic mass is 32.2. The van der Waals surface area contributed by atoms with Gasteiger partial charge in [-0.2, -0.15) is 0 Å². The molecule has 0 spiro atoms. The quantitative estimate of drug-likeness (QED) is 0.898. The Hall–Kier alpha value is -1.14. The number of rotatable bonds is 3. The SMILES string of the molecule is CC1CS(=O)(=O)CCN1c1cccc(F)c1CCN. The molecule has 0 saturated carbocycles. The van der Waals surface area contributed by atoms with E-state index in [1.807, 2.05) is 17.9 Å². The standard InChI is InChI=1S/C13H19FN2O2S/c1-10-9-19(17,18)8-7-16(10)13-4-2-3-12(14)11(13)5-6-15/h2-4,10H,5-9,15H2,1H3. The Bertz CT molecular complexity index is 560. The van der Waals surface area contributed by atoms with Gasteiger partial charge in [0.1, 0.15) is 5.82 Å². The third kappa shape index (κ3) is 3.06. The molecule has 0 aliphatic carbocycles. The number of hydrogen-bond donors (Lipinski definition) is 1. The Morgan fingerprint density at radius 2 is 2.21 bits per heavy atom. The third-order valence-corrected chi connectivity index (χ3v) is 5.26. The zero-order valence-electron chi connectivity index (χ0n) is 11.0. The highest BCUT2D eigenvalue weighted by Gasteiger charge is 2.29. The maximum atomic E-state index is 13.9. The molecular formula is C13H19FN2O2S. The smallest absolute Gasteiger partial charge is 0.154 e. The fraction of sp³-hybridized carbons (Fsp3) is 0.538. The second-order valence-electron chi connectivity index (χ2n) is 4.93. The van der Waals surface area contributed by atoms with Crippen LogP contribution >= 0.6 is 0 Å². The van der Waals surface area contributed by atoms with Crippen molar-refractivity contribution in [3.05, 3.63) is 29.6 Å². The largest absolute Gasteiger partial charge is 0.366 e. The van der Waals surface area contributed by atoms with E-state index in [0.717, 1.165) is 5.69 Å². The summed E-state index contributed by atoms with van der Waals surface area (Å²) < 4.78 is 37.1. The molecule has 6 heteroatoms. The van der Waals surface area contributed by atoms with Crippen molar-refractivity contribution >= 4 is 15.5 Å². The van der Waals surface area contributed by atoms with E-state index in [9.17, 15) is 12.8 Å². The van der Waals surface area contributed by atoms with Gasteiger partial charge in [-0.1, -0.05) is 6.07 Å². The Morgan fingerprint density at radius 3 is 2.84 bits per heavy atom. The Balaban J connectivity index is 2.34. The van der Waals surface area contributed by atoms with Crippen LogP contribution < -0.4 is 10.6 Å². The van der Waals surface area contributed by atoms with Crippen molar-refractivity contribution < 1.29 is 12.8 Å². The molecule has 2 rings (SSSR count). The number of hydrogen-bond acceptors (Lipinski definition) is 4. The minimum atomic E-state index is -2.97. The monoisotopic (exact) mass is 286 g/mol. The lowest BCUT2D eigenvalue weighted by Crippen LogP contribution is -2.47. The van der Waals surface area contributed by atoms with Crippen LogP contribution in [0.1, 0.15) is 12.5 Å². The summed E-state index contributed by atoms with van der Waals surface area (Å²) in [6, 6.07) is 4.76. The Labute approximate surface area is 113 Å². The van der Waals surface area contributed by atoms with E-state index in [2.05, 4.69) is 0 Å². The van der Waals surface area contributed by atoms with Crippen molar-refractivity contribution in [1.29, 1.82) is 0 Å². The first-order valence-electron chi connectivity index (χ1n) is 6.39. The van der Waals surface area contributed by atoms with Crippen molar-refractivity contribution in [3.63, 3.8) is 0 Å². The summed E-state index contributed by atoms with van der Waals surface area (Å²) in [4.78, 5) is 1.97. The zero-order valence-corrected chi connectivity index (χ0v) is 11.8. The molecule has 0 radical (unpaired) electrons. The van der Waals surface area contributed by atoms with Gasteiger partial charge >= 0.3 is 0 Å². The molecule has 19 heavy (non-hydrogen) atoms. The minimum Gasteiger partial charge on any atom is -0.366 e. The van der Waals surface area contributed by atoms with E-state index in [0.29, 0.717) is 25.1 Å². The van der Waals surface area contributed by atoms with Gasteiger partial charge in [0.2, 0.25) is 0 Å². The van der Waals surface area contributed by atoms with Crippen LogP contribution in [0.5, 0.6) is 0 Å². The van der Waals surface area contributed by atoms with E-state index >= 15 is 0 Å². The van der Waals surface area contributed by atoms with E-state index in [-0.39, 0.29) is 23.4 Å². The predicted octanol–water partition coefficient (Wildman–Crippen LogP) is 0.950. The molecule has 1 unspecified atom stereocenters. The van der Waals surface area contributed by atoms with Crippen LogP contribution in [0.3, 0.4) is 0 Å². The molecular weight excluding hydrogens is 267 g/mol. The molecule has 1 saturated heterocycles. The van der Waals surface area contributed by atoms with E-state index < -0.39 is 9.84 Å². The number of halogens is 1. The normalized spacial score (nSPS) is 22.5. The van der Waals surface area contributed by atoms with Gasteiger partial charge in [-0.15, -0.1) is 0 Å². The van der Waals surface area contributed by atoms with E-state index in [1.165, 1.54) is 6.07 Å². The minimum absolute atomic E-state index is 0.117. The van der Waals surface area contributed by atoms with Gasteiger partial charge < -0.3 is 10.6 Å². The second kappa shape index (κ2) is 5.46. The summed E-state index contributed by atoms with van der Waals surface area (Å²) in [6.45, 7) is 2.63. The van der Waals surface area contributed by atoms with Crippen molar-refractivity contribution in [2.45, 2.75) is 19.4 Å². The number of nitrogens with zero attached hydrogens (tertiary/aromatic N) is 1. The van der Waals surface area contributed by atoms with Gasteiger partial charge in [0, 0.05) is 23.8 Å². The van der Waals surface area contributed by atoms with Gasteiger partial charge in [-0.05, 0) is 32.0 Å². The second-order valence-corrected chi connectivity index (χ2v) is 7.16.